The molecule has 1 amide bonds. The second kappa shape index (κ2) is 4.41. The van der Waals surface area contributed by atoms with Gasteiger partial charge >= 0.3 is 0 Å². The summed E-state index contributed by atoms with van der Waals surface area (Å²) in [5.41, 5.74) is 6.10. The van der Waals surface area contributed by atoms with Crippen LogP contribution in [0.25, 0.3) is 0 Å². The lowest BCUT2D eigenvalue weighted by molar-refractivity contribution is 0.0949. The van der Waals surface area contributed by atoms with Gasteiger partial charge in [-0.2, -0.15) is 0 Å². The zero-order valence-corrected chi connectivity index (χ0v) is 10.6. The van der Waals surface area contributed by atoms with Gasteiger partial charge in [-0.1, -0.05) is 13.3 Å². The van der Waals surface area contributed by atoms with E-state index >= 15 is 0 Å². The first-order valence-electron chi connectivity index (χ1n) is 5.33. The van der Waals surface area contributed by atoms with Crippen molar-refractivity contribution in [3.63, 3.8) is 0 Å². The first-order chi connectivity index (χ1) is 7.61. The molecule has 3 N–H and O–H groups in total. The number of hydrogen-bond donors (Lipinski definition) is 2. The molecule has 16 heavy (non-hydrogen) atoms. The van der Waals surface area contributed by atoms with Crippen molar-refractivity contribution < 1.29 is 4.79 Å². The van der Waals surface area contributed by atoms with Crippen molar-refractivity contribution in [1.29, 1.82) is 0 Å². The fourth-order valence-electron chi connectivity index (χ4n) is 1.75. The van der Waals surface area contributed by atoms with Gasteiger partial charge in [0.15, 0.2) is 0 Å². The minimum atomic E-state index is -0.132. The van der Waals surface area contributed by atoms with Crippen LogP contribution in [-0.2, 0) is 0 Å². The van der Waals surface area contributed by atoms with E-state index in [-0.39, 0.29) is 11.7 Å². The molecule has 1 aliphatic rings. The fourth-order valence-corrected chi connectivity index (χ4v) is 2.08. The zero-order valence-electron chi connectivity index (χ0n) is 9.03. The van der Waals surface area contributed by atoms with Crippen LogP contribution in [0.2, 0.25) is 0 Å². The monoisotopic (exact) mass is 283 g/mol. The van der Waals surface area contributed by atoms with E-state index < -0.39 is 0 Å². The molecule has 0 radical (unpaired) electrons. The Morgan fingerprint density at radius 1 is 1.75 bits per heavy atom. The third-order valence-electron chi connectivity index (χ3n) is 2.89. The second-order valence-corrected chi connectivity index (χ2v) is 4.99. The molecule has 1 aromatic heterocycles. The normalized spacial score (nSPS) is 22.9. The summed E-state index contributed by atoms with van der Waals surface area (Å²) in [6.45, 7) is 2.13. The number of pyridine rings is 1. The van der Waals surface area contributed by atoms with Gasteiger partial charge in [0.2, 0.25) is 0 Å². The van der Waals surface area contributed by atoms with E-state index in [1.807, 2.05) is 0 Å². The molecule has 1 heterocycles. The Morgan fingerprint density at radius 3 is 3.12 bits per heavy atom. The number of amides is 1. The average Bonchev–Trinajstić information content (AvgIpc) is 3.00. The average molecular weight is 284 g/mol. The Balaban J connectivity index is 2.06. The van der Waals surface area contributed by atoms with Crippen molar-refractivity contribution in [2.45, 2.75) is 25.8 Å². The van der Waals surface area contributed by atoms with Gasteiger partial charge < -0.3 is 11.1 Å². The van der Waals surface area contributed by atoms with Gasteiger partial charge in [-0.25, -0.2) is 4.98 Å². The summed E-state index contributed by atoms with van der Waals surface area (Å²) in [5.74, 6) is 0.770. The molecule has 0 aliphatic heterocycles. The first-order valence-corrected chi connectivity index (χ1v) is 6.13. The molecule has 1 fully saturated rings. The lowest BCUT2D eigenvalue weighted by Gasteiger charge is -2.06. The number of aromatic nitrogens is 1. The number of rotatable bonds is 3. The second-order valence-electron chi connectivity index (χ2n) is 4.07. The molecule has 5 heteroatoms. The van der Waals surface area contributed by atoms with Gasteiger partial charge in [0.25, 0.3) is 5.91 Å². The molecular formula is C11H14BrN3O. The number of halogens is 1. The lowest BCUT2D eigenvalue weighted by atomic mass is 10.2. The van der Waals surface area contributed by atoms with E-state index in [0.29, 0.717) is 17.5 Å². The van der Waals surface area contributed by atoms with Crippen LogP contribution in [0.15, 0.2) is 16.7 Å². The van der Waals surface area contributed by atoms with Gasteiger partial charge in [-0.15, -0.1) is 0 Å². The SMILES string of the molecule is CCC1CC1NC(=O)c1cc(Br)cnc1N. The third kappa shape index (κ3) is 2.35. The largest absolute Gasteiger partial charge is 0.383 e. The Labute approximate surface area is 103 Å². The number of nitrogens with zero attached hydrogens (tertiary/aromatic N) is 1. The van der Waals surface area contributed by atoms with Crippen LogP contribution in [0, 0.1) is 5.92 Å². The highest BCUT2D eigenvalue weighted by Crippen LogP contribution is 2.33. The predicted octanol–water partition coefficient (Wildman–Crippen LogP) is 1.95. The summed E-state index contributed by atoms with van der Waals surface area (Å²) >= 11 is 3.27. The minimum Gasteiger partial charge on any atom is -0.383 e. The van der Waals surface area contributed by atoms with Gasteiger partial charge in [0.05, 0.1) is 5.56 Å². The fraction of sp³-hybridized carbons (Fsp3) is 0.455. The van der Waals surface area contributed by atoms with Crippen molar-refractivity contribution in [2.75, 3.05) is 5.73 Å². The highest BCUT2D eigenvalue weighted by molar-refractivity contribution is 9.10. The molecule has 2 unspecified atom stereocenters. The molecular weight excluding hydrogens is 270 g/mol. The summed E-state index contributed by atoms with van der Waals surface area (Å²) in [7, 11) is 0. The zero-order chi connectivity index (χ0) is 11.7. The Bertz CT molecular complexity index is 422. The molecule has 2 atom stereocenters. The van der Waals surface area contributed by atoms with Gasteiger partial charge in [0, 0.05) is 16.7 Å². The molecule has 0 spiro atoms. The van der Waals surface area contributed by atoms with E-state index in [9.17, 15) is 4.79 Å². The molecule has 1 aliphatic carbocycles. The van der Waals surface area contributed by atoms with Crippen molar-refractivity contribution in [3.8, 4) is 0 Å². The van der Waals surface area contributed by atoms with Crippen LogP contribution in [0.1, 0.15) is 30.1 Å². The predicted molar refractivity (Wildman–Crippen MR) is 66.0 cm³/mol. The maximum atomic E-state index is 11.9. The van der Waals surface area contributed by atoms with Crippen molar-refractivity contribution in [3.05, 3.63) is 22.3 Å². The molecule has 0 aromatic carbocycles. The maximum absolute atomic E-state index is 11.9. The van der Waals surface area contributed by atoms with Crippen molar-refractivity contribution in [1.82, 2.24) is 10.3 Å². The van der Waals surface area contributed by atoms with Crippen LogP contribution in [0.4, 0.5) is 5.82 Å². The highest BCUT2D eigenvalue weighted by atomic mass is 79.9. The van der Waals surface area contributed by atoms with Crippen LogP contribution in [0.3, 0.4) is 0 Å². The topological polar surface area (TPSA) is 68.0 Å². The van der Waals surface area contributed by atoms with Crippen LogP contribution in [-0.4, -0.2) is 16.9 Å². The molecule has 1 saturated carbocycles. The molecule has 0 bridgehead atoms. The van der Waals surface area contributed by atoms with Gasteiger partial charge in [-0.05, 0) is 34.3 Å². The maximum Gasteiger partial charge on any atom is 0.255 e. The molecule has 4 nitrogen and oxygen atoms in total. The third-order valence-corrected chi connectivity index (χ3v) is 3.33. The van der Waals surface area contributed by atoms with Crippen LogP contribution < -0.4 is 11.1 Å². The smallest absolute Gasteiger partial charge is 0.255 e. The lowest BCUT2D eigenvalue weighted by Crippen LogP contribution is -2.27. The number of hydrogen-bond acceptors (Lipinski definition) is 3. The Kier molecular flexibility index (Phi) is 3.14. The van der Waals surface area contributed by atoms with E-state index in [0.717, 1.165) is 17.3 Å². The van der Waals surface area contributed by atoms with Crippen molar-refractivity contribution in [2.24, 2.45) is 5.92 Å². The minimum absolute atomic E-state index is 0.132. The first kappa shape index (κ1) is 11.4. The standard InChI is InChI=1S/C11H14BrN3O/c1-2-6-3-9(6)15-11(16)8-4-7(12)5-14-10(8)13/h4-6,9H,2-3H2,1H3,(H2,13,14)(H,15,16). The molecule has 86 valence electrons. The summed E-state index contributed by atoms with van der Waals surface area (Å²) < 4.78 is 0.759. The van der Waals surface area contributed by atoms with Gasteiger partial charge in [-0.3, -0.25) is 4.79 Å². The van der Waals surface area contributed by atoms with E-state index in [1.165, 1.54) is 0 Å². The number of nitrogens with two attached hydrogens (primary N) is 1. The molecule has 0 saturated heterocycles. The number of carbonyl (C=O) groups is 1. The number of carbonyl (C=O) groups excluding carboxylic acids is 1. The van der Waals surface area contributed by atoms with E-state index in [4.69, 9.17) is 5.73 Å². The number of nitrogens with one attached hydrogen (secondary N) is 1. The highest BCUT2D eigenvalue weighted by Gasteiger charge is 2.36. The summed E-state index contributed by atoms with van der Waals surface area (Å²) in [6, 6.07) is 2.01. The van der Waals surface area contributed by atoms with E-state index in [2.05, 4.69) is 33.2 Å². The number of nitrogen functional groups attached to an aromatic ring is 1. The summed E-state index contributed by atoms with van der Waals surface area (Å²) in [4.78, 5) is 15.8. The molecule has 2 rings (SSSR count). The quantitative estimate of drug-likeness (QED) is 0.891. The Morgan fingerprint density at radius 2 is 2.50 bits per heavy atom. The van der Waals surface area contributed by atoms with Gasteiger partial charge in [0.1, 0.15) is 5.82 Å². The summed E-state index contributed by atoms with van der Waals surface area (Å²) in [5, 5.41) is 2.96. The van der Waals surface area contributed by atoms with Crippen LogP contribution in [0.5, 0.6) is 0 Å². The number of anilines is 1. The van der Waals surface area contributed by atoms with Crippen LogP contribution >= 0.6 is 15.9 Å². The summed E-state index contributed by atoms with van der Waals surface area (Å²) in [6.07, 6.45) is 3.76. The molecule has 1 aromatic rings. The van der Waals surface area contributed by atoms with E-state index in [1.54, 1.807) is 12.3 Å². The van der Waals surface area contributed by atoms with Crippen molar-refractivity contribution >= 4 is 27.7 Å². The Hall–Kier alpha value is -1.10.